The third-order valence-corrected chi connectivity index (χ3v) is 3.77. The largest absolute Gasteiger partial charge is 0.465 e. The summed E-state index contributed by atoms with van der Waals surface area (Å²) in [5, 5.41) is 4.27. The van der Waals surface area contributed by atoms with Crippen LogP contribution in [-0.2, 0) is 6.54 Å². The fourth-order valence-electron chi connectivity index (χ4n) is 2.26. The first-order valence-corrected chi connectivity index (χ1v) is 7.05. The van der Waals surface area contributed by atoms with Gasteiger partial charge in [-0.3, -0.25) is 4.90 Å². The maximum atomic E-state index is 6.11. The molecule has 0 radical (unpaired) electrons. The number of nitrogens with zero attached hydrogens (tertiary/aromatic N) is 1. The highest BCUT2D eigenvalue weighted by molar-refractivity contribution is 7.07. The molecule has 98 valence electrons. The number of hydrogen-bond acceptors (Lipinski definition) is 4. The van der Waals surface area contributed by atoms with Gasteiger partial charge in [0.05, 0.1) is 6.04 Å². The molecule has 2 atom stereocenters. The van der Waals surface area contributed by atoms with Crippen LogP contribution in [0.15, 0.2) is 33.4 Å². The Morgan fingerprint density at radius 2 is 2.17 bits per heavy atom. The number of rotatable bonds is 5. The van der Waals surface area contributed by atoms with Gasteiger partial charge in [-0.05, 0) is 55.4 Å². The van der Waals surface area contributed by atoms with Crippen molar-refractivity contribution in [3.8, 4) is 0 Å². The van der Waals surface area contributed by atoms with Crippen molar-refractivity contribution >= 4 is 11.3 Å². The molecule has 0 fully saturated rings. The molecule has 0 saturated heterocycles. The third kappa shape index (κ3) is 3.02. The number of likely N-dealkylation sites (N-methyl/N-ethyl adjacent to an activating group) is 1. The fraction of sp³-hybridized carbons (Fsp3) is 0.429. The lowest BCUT2D eigenvalue weighted by Crippen LogP contribution is -2.36. The second-order valence-corrected chi connectivity index (χ2v) is 5.58. The van der Waals surface area contributed by atoms with Crippen molar-refractivity contribution in [3.05, 3.63) is 46.0 Å². The van der Waals surface area contributed by atoms with Gasteiger partial charge in [0, 0.05) is 12.6 Å². The van der Waals surface area contributed by atoms with Crippen LogP contribution >= 0.6 is 11.3 Å². The van der Waals surface area contributed by atoms with E-state index >= 15 is 0 Å². The molecule has 2 aromatic heterocycles. The Balaban J connectivity index is 2.15. The molecular formula is C14H20N2OS. The normalized spacial score (nSPS) is 14.9. The molecule has 18 heavy (non-hydrogen) atoms. The predicted octanol–water partition coefficient (Wildman–Crippen LogP) is 3.17. The third-order valence-electron chi connectivity index (χ3n) is 3.04. The minimum atomic E-state index is 0.0270. The molecule has 0 aliphatic carbocycles. The van der Waals surface area contributed by atoms with Crippen molar-refractivity contribution in [2.75, 3.05) is 7.05 Å². The Labute approximate surface area is 112 Å². The van der Waals surface area contributed by atoms with Gasteiger partial charge >= 0.3 is 0 Å². The Morgan fingerprint density at radius 3 is 2.67 bits per heavy atom. The molecule has 0 bridgehead atoms. The SMILES string of the molecule is Cc1ccc(C(C(C)N)N(C)Cc2ccsc2)o1. The van der Waals surface area contributed by atoms with Crippen LogP contribution < -0.4 is 5.73 Å². The number of furan rings is 1. The maximum Gasteiger partial charge on any atom is 0.122 e. The van der Waals surface area contributed by atoms with E-state index in [0.29, 0.717) is 0 Å². The molecule has 0 aromatic carbocycles. The highest BCUT2D eigenvalue weighted by Crippen LogP contribution is 2.26. The Morgan fingerprint density at radius 1 is 1.39 bits per heavy atom. The molecule has 0 aliphatic heterocycles. The molecule has 0 saturated carbocycles. The summed E-state index contributed by atoms with van der Waals surface area (Å²) in [5.41, 5.74) is 7.42. The van der Waals surface area contributed by atoms with Gasteiger partial charge < -0.3 is 10.2 Å². The van der Waals surface area contributed by atoms with Crippen LogP contribution in [0.5, 0.6) is 0 Å². The second-order valence-electron chi connectivity index (χ2n) is 4.80. The first-order chi connectivity index (χ1) is 8.58. The molecule has 0 spiro atoms. The van der Waals surface area contributed by atoms with E-state index in [9.17, 15) is 0 Å². The summed E-state index contributed by atoms with van der Waals surface area (Å²) in [7, 11) is 2.09. The monoisotopic (exact) mass is 264 g/mol. The topological polar surface area (TPSA) is 42.4 Å². The minimum absolute atomic E-state index is 0.0270. The van der Waals surface area contributed by atoms with Crippen LogP contribution in [0.2, 0.25) is 0 Å². The first-order valence-electron chi connectivity index (χ1n) is 6.11. The maximum absolute atomic E-state index is 6.11. The van der Waals surface area contributed by atoms with Gasteiger partial charge in [0.1, 0.15) is 11.5 Å². The molecule has 2 N–H and O–H groups in total. The summed E-state index contributed by atoms with van der Waals surface area (Å²) in [6.07, 6.45) is 0. The quantitative estimate of drug-likeness (QED) is 0.902. The zero-order valence-electron chi connectivity index (χ0n) is 11.1. The van der Waals surface area contributed by atoms with Gasteiger partial charge in [0.25, 0.3) is 0 Å². The molecule has 4 heteroatoms. The molecule has 2 aromatic rings. The van der Waals surface area contributed by atoms with Crippen molar-refractivity contribution in [2.24, 2.45) is 5.73 Å². The highest BCUT2D eigenvalue weighted by atomic mass is 32.1. The Bertz CT molecular complexity index is 476. The first kappa shape index (κ1) is 13.3. The molecule has 2 unspecified atom stereocenters. The van der Waals surface area contributed by atoms with E-state index in [0.717, 1.165) is 18.1 Å². The van der Waals surface area contributed by atoms with Gasteiger partial charge in [-0.2, -0.15) is 11.3 Å². The molecular weight excluding hydrogens is 244 g/mol. The Hall–Kier alpha value is -1.10. The lowest BCUT2D eigenvalue weighted by molar-refractivity contribution is 0.183. The average molecular weight is 264 g/mol. The van der Waals surface area contributed by atoms with Gasteiger partial charge in [0.15, 0.2) is 0 Å². The number of aryl methyl sites for hydroxylation is 1. The summed E-state index contributed by atoms with van der Waals surface area (Å²) >= 11 is 1.72. The van der Waals surface area contributed by atoms with Gasteiger partial charge in [0.2, 0.25) is 0 Å². The molecule has 3 nitrogen and oxygen atoms in total. The van der Waals surface area contributed by atoms with E-state index in [1.54, 1.807) is 11.3 Å². The van der Waals surface area contributed by atoms with Crippen molar-refractivity contribution in [1.82, 2.24) is 4.90 Å². The number of nitrogens with two attached hydrogens (primary N) is 1. The summed E-state index contributed by atoms with van der Waals surface area (Å²) in [6.45, 7) is 4.86. The summed E-state index contributed by atoms with van der Waals surface area (Å²) in [5.74, 6) is 1.87. The van der Waals surface area contributed by atoms with Crippen LogP contribution in [0.4, 0.5) is 0 Å². The van der Waals surface area contributed by atoms with Crippen LogP contribution in [0.3, 0.4) is 0 Å². The lowest BCUT2D eigenvalue weighted by Gasteiger charge is -2.29. The van der Waals surface area contributed by atoms with E-state index in [4.69, 9.17) is 10.2 Å². The van der Waals surface area contributed by atoms with Crippen molar-refractivity contribution < 1.29 is 4.42 Å². The zero-order valence-corrected chi connectivity index (χ0v) is 11.9. The highest BCUT2D eigenvalue weighted by Gasteiger charge is 2.24. The summed E-state index contributed by atoms with van der Waals surface area (Å²) in [6, 6.07) is 6.29. The standard InChI is InChI=1S/C14H20N2OS/c1-10-4-5-13(17-10)14(11(2)15)16(3)8-12-6-7-18-9-12/h4-7,9,11,14H,8,15H2,1-3H3. The minimum Gasteiger partial charge on any atom is -0.465 e. The van der Waals surface area contributed by atoms with Gasteiger partial charge in [-0.25, -0.2) is 0 Å². The van der Waals surface area contributed by atoms with Gasteiger partial charge in [-0.1, -0.05) is 0 Å². The van der Waals surface area contributed by atoms with Crippen molar-refractivity contribution in [3.63, 3.8) is 0 Å². The molecule has 2 heterocycles. The fourth-order valence-corrected chi connectivity index (χ4v) is 2.92. The van der Waals surface area contributed by atoms with Crippen LogP contribution in [0.1, 0.15) is 30.0 Å². The molecule has 2 rings (SSSR count). The molecule has 0 aliphatic rings. The van der Waals surface area contributed by atoms with E-state index in [1.807, 2.05) is 26.0 Å². The number of hydrogen-bond donors (Lipinski definition) is 1. The summed E-state index contributed by atoms with van der Waals surface area (Å²) < 4.78 is 5.73. The zero-order chi connectivity index (χ0) is 13.1. The van der Waals surface area contributed by atoms with Crippen molar-refractivity contribution in [2.45, 2.75) is 32.5 Å². The summed E-state index contributed by atoms with van der Waals surface area (Å²) in [4.78, 5) is 2.24. The van der Waals surface area contributed by atoms with Crippen LogP contribution in [0.25, 0.3) is 0 Å². The smallest absolute Gasteiger partial charge is 0.122 e. The van der Waals surface area contributed by atoms with Gasteiger partial charge in [-0.15, -0.1) is 0 Å². The van der Waals surface area contributed by atoms with E-state index < -0.39 is 0 Å². The van der Waals surface area contributed by atoms with Crippen molar-refractivity contribution in [1.29, 1.82) is 0 Å². The predicted molar refractivity (Wildman–Crippen MR) is 75.6 cm³/mol. The van der Waals surface area contributed by atoms with Crippen LogP contribution in [0, 0.1) is 6.92 Å². The molecule has 0 amide bonds. The Kier molecular flexibility index (Phi) is 4.22. The van der Waals surface area contributed by atoms with E-state index in [1.165, 1.54) is 5.56 Å². The van der Waals surface area contributed by atoms with Crippen LogP contribution in [-0.4, -0.2) is 18.0 Å². The lowest BCUT2D eigenvalue weighted by atomic mass is 10.1. The van der Waals surface area contributed by atoms with E-state index in [2.05, 4.69) is 28.8 Å². The van der Waals surface area contributed by atoms with E-state index in [-0.39, 0.29) is 12.1 Å². The second kappa shape index (κ2) is 5.69. The average Bonchev–Trinajstić information content (AvgIpc) is 2.90. The number of thiophene rings is 1.